The highest BCUT2D eigenvalue weighted by atomic mass is 32.2. The Morgan fingerprint density at radius 3 is 2.34 bits per heavy atom. The maximum Gasteiger partial charge on any atom is 0.241 e. The number of benzene rings is 2. The van der Waals surface area contributed by atoms with Gasteiger partial charge >= 0.3 is 0 Å². The van der Waals surface area contributed by atoms with Crippen molar-refractivity contribution in [1.29, 1.82) is 0 Å². The quantitative estimate of drug-likeness (QED) is 0.486. The van der Waals surface area contributed by atoms with Crippen LogP contribution in [0.15, 0.2) is 77.8 Å². The lowest BCUT2D eigenvalue weighted by molar-refractivity contribution is -0.122. The number of ether oxygens (including phenoxy) is 2. The first-order valence-electron chi connectivity index (χ1n) is 9.89. The van der Waals surface area contributed by atoms with Gasteiger partial charge in [0.05, 0.1) is 31.4 Å². The Labute approximate surface area is 187 Å². The third kappa shape index (κ3) is 6.05. The second-order valence-electron chi connectivity index (χ2n) is 6.92. The molecule has 0 fully saturated rings. The lowest BCUT2D eigenvalue weighted by Gasteiger charge is -2.19. The molecule has 3 rings (SSSR count). The highest BCUT2D eigenvalue weighted by Gasteiger charge is 2.27. The molecular formula is C23H25N3O5S. The van der Waals surface area contributed by atoms with Gasteiger partial charge in [-0.05, 0) is 36.2 Å². The average molecular weight is 456 g/mol. The largest absolute Gasteiger partial charge is 0.493 e. The van der Waals surface area contributed by atoms with Crippen LogP contribution in [0.2, 0.25) is 0 Å². The van der Waals surface area contributed by atoms with E-state index in [9.17, 15) is 13.2 Å². The number of amides is 1. The van der Waals surface area contributed by atoms with Crippen LogP contribution < -0.4 is 19.5 Å². The molecule has 8 nitrogen and oxygen atoms in total. The third-order valence-corrected chi connectivity index (χ3v) is 6.20. The molecule has 0 spiro atoms. The molecule has 0 aliphatic heterocycles. The molecule has 0 aliphatic rings. The molecular weight excluding hydrogens is 430 g/mol. The molecule has 9 heteroatoms. The van der Waals surface area contributed by atoms with Crippen molar-refractivity contribution in [3.05, 3.63) is 84.2 Å². The van der Waals surface area contributed by atoms with Crippen molar-refractivity contribution < 1.29 is 22.7 Å². The van der Waals surface area contributed by atoms with Crippen LogP contribution in [0.25, 0.3) is 0 Å². The molecule has 168 valence electrons. The molecule has 3 aromatic rings. The lowest BCUT2D eigenvalue weighted by atomic mass is 10.1. The summed E-state index contributed by atoms with van der Waals surface area (Å²) >= 11 is 0. The van der Waals surface area contributed by atoms with Gasteiger partial charge in [-0.2, -0.15) is 4.72 Å². The first-order chi connectivity index (χ1) is 15.4. The molecule has 0 bridgehead atoms. The minimum Gasteiger partial charge on any atom is -0.493 e. The molecule has 1 unspecified atom stereocenters. The molecule has 1 amide bonds. The van der Waals surface area contributed by atoms with Gasteiger partial charge in [0.1, 0.15) is 6.04 Å². The summed E-state index contributed by atoms with van der Waals surface area (Å²) in [5.41, 5.74) is 1.49. The minimum absolute atomic E-state index is 0.0364. The van der Waals surface area contributed by atoms with Gasteiger partial charge in [0.15, 0.2) is 11.5 Å². The van der Waals surface area contributed by atoms with Crippen LogP contribution in [0.4, 0.5) is 0 Å². The van der Waals surface area contributed by atoms with Gasteiger partial charge in [0, 0.05) is 12.3 Å². The van der Waals surface area contributed by atoms with Gasteiger partial charge in [0.25, 0.3) is 0 Å². The molecule has 0 aliphatic carbocycles. The standard InChI is InChI=1S/C23H25N3O5S/c1-30-21-12-11-19(15-22(21)31-2)32(28,29)26-20(14-17-8-4-3-5-9-17)23(27)25-16-18-10-6-7-13-24-18/h3-13,15,20,26H,14,16H2,1-2H3,(H,25,27). The minimum atomic E-state index is -4.03. The molecule has 2 aromatic carbocycles. The van der Waals surface area contributed by atoms with E-state index in [1.54, 1.807) is 18.3 Å². The summed E-state index contributed by atoms with van der Waals surface area (Å²) < 4.78 is 39.1. The van der Waals surface area contributed by atoms with Crippen molar-refractivity contribution in [2.45, 2.75) is 23.9 Å². The molecule has 32 heavy (non-hydrogen) atoms. The Bertz CT molecular complexity index is 1140. The number of hydrogen-bond donors (Lipinski definition) is 2. The second-order valence-corrected chi connectivity index (χ2v) is 8.63. The van der Waals surface area contributed by atoms with E-state index < -0.39 is 22.0 Å². The molecule has 1 aromatic heterocycles. The summed E-state index contributed by atoms with van der Waals surface area (Å²) in [7, 11) is -1.14. The SMILES string of the molecule is COc1ccc(S(=O)(=O)NC(Cc2ccccc2)C(=O)NCc2ccccn2)cc1OC. The number of pyridine rings is 1. The number of methoxy groups -OCH3 is 2. The van der Waals surface area contributed by atoms with Gasteiger partial charge < -0.3 is 14.8 Å². The smallest absolute Gasteiger partial charge is 0.241 e. The summed E-state index contributed by atoms with van der Waals surface area (Å²) in [6, 6.07) is 17.8. The van der Waals surface area contributed by atoms with E-state index in [4.69, 9.17) is 9.47 Å². The monoisotopic (exact) mass is 455 g/mol. The van der Waals surface area contributed by atoms with Gasteiger partial charge in [-0.15, -0.1) is 0 Å². The van der Waals surface area contributed by atoms with Gasteiger partial charge in [0.2, 0.25) is 15.9 Å². The fraction of sp³-hybridized carbons (Fsp3) is 0.217. The Hall–Kier alpha value is -3.43. The summed E-state index contributed by atoms with van der Waals surface area (Å²) in [5.74, 6) is 0.221. The molecule has 1 atom stereocenters. The number of aromatic nitrogens is 1. The summed E-state index contributed by atoms with van der Waals surface area (Å²) in [4.78, 5) is 17.1. The molecule has 2 N–H and O–H groups in total. The number of nitrogens with zero attached hydrogens (tertiary/aromatic N) is 1. The number of hydrogen-bond acceptors (Lipinski definition) is 6. The van der Waals surface area contributed by atoms with Crippen molar-refractivity contribution in [3.8, 4) is 11.5 Å². The summed E-state index contributed by atoms with van der Waals surface area (Å²) in [6.45, 7) is 0.184. The summed E-state index contributed by atoms with van der Waals surface area (Å²) in [6.07, 6.45) is 1.81. The topological polar surface area (TPSA) is 107 Å². The molecule has 0 saturated carbocycles. The number of sulfonamides is 1. The number of rotatable bonds is 10. The Kier molecular flexibility index (Phi) is 7.80. The van der Waals surface area contributed by atoms with E-state index >= 15 is 0 Å². The normalized spacial score (nSPS) is 12.1. The zero-order valence-corrected chi connectivity index (χ0v) is 18.6. The predicted octanol–water partition coefficient (Wildman–Crippen LogP) is 2.30. The zero-order chi connectivity index (χ0) is 23.0. The van der Waals surface area contributed by atoms with Gasteiger partial charge in [-0.25, -0.2) is 8.42 Å². The van der Waals surface area contributed by atoms with E-state index in [0.29, 0.717) is 11.4 Å². The highest BCUT2D eigenvalue weighted by Crippen LogP contribution is 2.29. The Balaban J connectivity index is 1.83. The first-order valence-corrected chi connectivity index (χ1v) is 11.4. The molecule has 1 heterocycles. The Morgan fingerprint density at radius 1 is 0.969 bits per heavy atom. The number of carbonyl (C=O) groups is 1. The van der Waals surface area contributed by atoms with Crippen molar-refractivity contribution in [2.24, 2.45) is 0 Å². The fourth-order valence-corrected chi connectivity index (χ4v) is 4.29. The number of nitrogens with one attached hydrogen (secondary N) is 2. The van der Waals surface area contributed by atoms with Crippen molar-refractivity contribution in [2.75, 3.05) is 14.2 Å². The van der Waals surface area contributed by atoms with Gasteiger partial charge in [-0.1, -0.05) is 36.4 Å². The van der Waals surface area contributed by atoms with E-state index in [-0.39, 0.29) is 23.6 Å². The summed E-state index contributed by atoms with van der Waals surface area (Å²) in [5, 5.41) is 2.76. The third-order valence-electron chi connectivity index (χ3n) is 4.73. The molecule has 0 saturated heterocycles. The average Bonchev–Trinajstić information content (AvgIpc) is 2.82. The van der Waals surface area contributed by atoms with Crippen LogP contribution in [-0.4, -0.2) is 39.6 Å². The van der Waals surface area contributed by atoms with Crippen LogP contribution in [0.5, 0.6) is 11.5 Å². The maximum atomic E-state index is 13.1. The molecule has 0 radical (unpaired) electrons. The second kappa shape index (κ2) is 10.7. The van der Waals surface area contributed by atoms with E-state index in [1.165, 1.54) is 32.4 Å². The first kappa shape index (κ1) is 23.2. The number of carbonyl (C=O) groups excluding carboxylic acids is 1. The van der Waals surface area contributed by atoms with Crippen LogP contribution in [-0.2, 0) is 27.8 Å². The fourth-order valence-electron chi connectivity index (χ4n) is 3.08. The van der Waals surface area contributed by atoms with Crippen molar-refractivity contribution in [3.63, 3.8) is 0 Å². The maximum absolute atomic E-state index is 13.1. The van der Waals surface area contributed by atoms with E-state index in [0.717, 1.165) is 5.56 Å². The van der Waals surface area contributed by atoms with Crippen LogP contribution in [0.3, 0.4) is 0 Å². The zero-order valence-electron chi connectivity index (χ0n) is 17.8. The van der Waals surface area contributed by atoms with E-state index in [1.807, 2.05) is 36.4 Å². The van der Waals surface area contributed by atoms with Crippen LogP contribution >= 0.6 is 0 Å². The van der Waals surface area contributed by atoms with Crippen molar-refractivity contribution in [1.82, 2.24) is 15.0 Å². The van der Waals surface area contributed by atoms with Crippen LogP contribution in [0, 0.1) is 0 Å². The lowest BCUT2D eigenvalue weighted by Crippen LogP contribution is -2.47. The van der Waals surface area contributed by atoms with E-state index in [2.05, 4.69) is 15.0 Å². The van der Waals surface area contributed by atoms with Crippen LogP contribution in [0.1, 0.15) is 11.3 Å². The predicted molar refractivity (Wildman–Crippen MR) is 120 cm³/mol. The highest BCUT2D eigenvalue weighted by molar-refractivity contribution is 7.89. The Morgan fingerprint density at radius 2 is 1.69 bits per heavy atom. The van der Waals surface area contributed by atoms with Crippen molar-refractivity contribution >= 4 is 15.9 Å². The van der Waals surface area contributed by atoms with Gasteiger partial charge in [-0.3, -0.25) is 9.78 Å².